The van der Waals surface area contributed by atoms with Gasteiger partial charge in [0.25, 0.3) is 5.91 Å². The third-order valence-electron chi connectivity index (χ3n) is 5.02. The molecule has 1 heterocycles. The number of carbonyl (C=O) groups excluding carboxylic acids is 1. The van der Waals surface area contributed by atoms with E-state index in [-0.39, 0.29) is 23.3 Å². The average Bonchev–Trinajstić information content (AvgIpc) is 3.19. The van der Waals surface area contributed by atoms with Crippen LogP contribution in [0.4, 0.5) is 8.78 Å². The van der Waals surface area contributed by atoms with Crippen molar-refractivity contribution in [3.63, 3.8) is 0 Å². The van der Waals surface area contributed by atoms with Crippen molar-refractivity contribution in [1.82, 2.24) is 15.1 Å². The van der Waals surface area contributed by atoms with Crippen molar-refractivity contribution in [2.24, 2.45) is 0 Å². The lowest BCUT2D eigenvalue weighted by molar-refractivity contribution is -0.0512. The monoisotopic (exact) mass is 443 g/mol. The minimum Gasteiger partial charge on any atom is -0.493 e. The molecule has 0 atom stereocenters. The van der Waals surface area contributed by atoms with Crippen molar-refractivity contribution in [1.29, 1.82) is 0 Å². The van der Waals surface area contributed by atoms with Gasteiger partial charge in [0.1, 0.15) is 0 Å². The van der Waals surface area contributed by atoms with E-state index in [9.17, 15) is 13.6 Å². The second-order valence-electron chi connectivity index (χ2n) is 7.72. The minimum atomic E-state index is -2.95. The summed E-state index contributed by atoms with van der Waals surface area (Å²) in [5.74, 6) is 0.0378. The predicted molar refractivity (Wildman–Crippen MR) is 118 cm³/mol. The molecule has 0 aliphatic heterocycles. The normalized spacial score (nSPS) is 11.1. The van der Waals surface area contributed by atoms with Crippen LogP contribution in [0.1, 0.15) is 46.9 Å². The third-order valence-corrected chi connectivity index (χ3v) is 5.02. The molecule has 0 spiro atoms. The van der Waals surface area contributed by atoms with E-state index in [0.717, 1.165) is 22.5 Å². The van der Waals surface area contributed by atoms with Crippen molar-refractivity contribution in [3.8, 4) is 17.2 Å². The molecular formula is C24H27F2N3O3. The van der Waals surface area contributed by atoms with E-state index in [4.69, 9.17) is 4.74 Å². The number of hydrogen-bond acceptors (Lipinski definition) is 4. The van der Waals surface area contributed by atoms with Crippen molar-refractivity contribution in [2.75, 3.05) is 13.7 Å². The Morgan fingerprint density at radius 1 is 1.12 bits per heavy atom. The molecule has 3 aromatic rings. The van der Waals surface area contributed by atoms with Gasteiger partial charge in [-0.05, 0) is 49.1 Å². The lowest BCUT2D eigenvalue weighted by Crippen LogP contribution is -2.26. The molecule has 32 heavy (non-hydrogen) atoms. The number of aryl methyl sites for hydroxylation is 1. The summed E-state index contributed by atoms with van der Waals surface area (Å²) in [6.45, 7) is 3.42. The molecule has 0 saturated carbocycles. The number of nitrogens with one attached hydrogen (secondary N) is 1. The van der Waals surface area contributed by atoms with Crippen molar-refractivity contribution < 1.29 is 23.0 Å². The van der Waals surface area contributed by atoms with Gasteiger partial charge in [0, 0.05) is 6.54 Å². The van der Waals surface area contributed by atoms with E-state index in [0.29, 0.717) is 18.5 Å². The highest BCUT2D eigenvalue weighted by Gasteiger charge is 2.21. The van der Waals surface area contributed by atoms with Gasteiger partial charge in [0.15, 0.2) is 11.5 Å². The van der Waals surface area contributed by atoms with Crippen LogP contribution in [0.15, 0.2) is 48.7 Å². The molecule has 0 radical (unpaired) electrons. The van der Waals surface area contributed by atoms with E-state index in [1.165, 1.54) is 13.2 Å². The Kier molecular flexibility index (Phi) is 7.45. The molecule has 1 aromatic heterocycles. The molecule has 1 amide bonds. The molecule has 0 aliphatic carbocycles. The average molecular weight is 443 g/mol. The Labute approximate surface area is 186 Å². The molecule has 0 fully saturated rings. The summed E-state index contributed by atoms with van der Waals surface area (Å²) in [7, 11) is 1.39. The van der Waals surface area contributed by atoms with Gasteiger partial charge in [-0.3, -0.25) is 4.79 Å². The zero-order valence-corrected chi connectivity index (χ0v) is 18.6. The van der Waals surface area contributed by atoms with E-state index in [1.807, 2.05) is 45.0 Å². The Morgan fingerprint density at radius 3 is 2.47 bits per heavy atom. The van der Waals surface area contributed by atoms with Crippen LogP contribution >= 0.6 is 0 Å². The van der Waals surface area contributed by atoms with Gasteiger partial charge in [-0.15, -0.1) is 0 Å². The standard InChI is InChI=1S/C24H27F2N3O3/c1-15(2)22-19(14-28-29(22)18-8-5-16(3)6-9-18)23(30)27-12-11-17-7-10-20(31-4)21(13-17)32-24(25)26/h5-10,13-15,24H,11-12H2,1-4H3,(H,27,30). The van der Waals surface area contributed by atoms with Gasteiger partial charge < -0.3 is 14.8 Å². The van der Waals surface area contributed by atoms with Crippen molar-refractivity contribution >= 4 is 5.91 Å². The Bertz CT molecular complexity index is 1060. The first-order valence-electron chi connectivity index (χ1n) is 10.3. The Morgan fingerprint density at radius 2 is 1.84 bits per heavy atom. The van der Waals surface area contributed by atoms with Crippen LogP contribution in [0, 0.1) is 6.92 Å². The molecule has 6 nitrogen and oxygen atoms in total. The van der Waals surface area contributed by atoms with Crippen LogP contribution in [-0.2, 0) is 6.42 Å². The summed E-state index contributed by atoms with van der Waals surface area (Å²) in [6.07, 6.45) is 2.02. The largest absolute Gasteiger partial charge is 0.493 e. The van der Waals surface area contributed by atoms with Crippen LogP contribution in [0.3, 0.4) is 0 Å². The quantitative estimate of drug-likeness (QED) is 0.512. The lowest BCUT2D eigenvalue weighted by atomic mass is 10.0. The molecular weight excluding hydrogens is 416 g/mol. The summed E-state index contributed by atoms with van der Waals surface area (Å²) in [4.78, 5) is 12.9. The van der Waals surface area contributed by atoms with Gasteiger partial charge in [-0.2, -0.15) is 13.9 Å². The number of methoxy groups -OCH3 is 1. The number of amides is 1. The second-order valence-corrected chi connectivity index (χ2v) is 7.72. The van der Waals surface area contributed by atoms with E-state index >= 15 is 0 Å². The van der Waals surface area contributed by atoms with Crippen LogP contribution in [0.5, 0.6) is 11.5 Å². The van der Waals surface area contributed by atoms with Crippen molar-refractivity contribution in [2.45, 2.75) is 39.7 Å². The maximum Gasteiger partial charge on any atom is 0.387 e. The van der Waals surface area contributed by atoms with Gasteiger partial charge in [-0.25, -0.2) is 4.68 Å². The number of carbonyl (C=O) groups is 1. The van der Waals surface area contributed by atoms with E-state index in [1.54, 1.807) is 23.0 Å². The maximum absolute atomic E-state index is 12.9. The summed E-state index contributed by atoms with van der Waals surface area (Å²) in [5, 5.41) is 7.33. The number of alkyl halides is 2. The van der Waals surface area contributed by atoms with E-state index < -0.39 is 6.61 Å². The first-order valence-corrected chi connectivity index (χ1v) is 10.3. The maximum atomic E-state index is 12.9. The molecule has 0 aliphatic rings. The van der Waals surface area contributed by atoms with Gasteiger partial charge in [0.05, 0.1) is 30.3 Å². The molecule has 2 aromatic carbocycles. The summed E-state index contributed by atoms with van der Waals surface area (Å²) >= 11 is 0. The number of aromatic nitrogens is 2. The Balaban J connectivity index is 1.71. The molecule has 0 unspecified atom stereocenters. The Hall–Kier alpha value is -3.42. The zero-order chi connectivity index (χ0) is 23.3. The van der Waals surface area contributed by atoms with Gasteiger partial charge in [0.2, 0.25) is 0 Å². The molecule has 3 rings (SSSR count). The van der Waals surface area contributed by atoms with Crippen LogP contribution < -0.4 is 14.8 Å². The highest BCUT2D eigenvalue weighted by molar-refractivity contribution is 5.95. The molecule has 0 saturated heterocycles. The highest BCUT2D eigenvalue weighted by atomic mass is 19.3. The number of hydrogen-bond donors (Lipinski definition) is 1. The fourth-order valence-electron chi connectivity index (χ4n) is 3.46. The third kappa shape index (κ3) is 5.43. The van der Waals surface area contributed by atoms with Gasteiger partial charge >= 0.3 is 6.61 Å². The number of ether oxygens (including phenoxy) is 2. The van der Waals surface area contributed by atoms with Crippen LogP contribution in [0.25, 0.3) is 5.69 Å². The molecule has 1 N–H and O–H groups in total. The summed E-state index contributed by atoms with van der Waals surface area (Å²) in [5.41, 5.74) is 4.11. The molecule has 170 valence electrons. The summed E-state index contributed by atoms with van der Waals surface area (Å²) < 4.78 is 36.6. The number of halogens is 2. The predicted octanol–water partition coefficient (Wildman–Crippen LogP) is 4.89. The fourth-order valence-corrected chi connectivity index (χ4v) is 3.46. The topological polar surface area (TPSA) is 65.4 Å². The zero-order valence-electron chi connectivity index (χ0n) is 18.6. The van der Waals surface area contributed by atoms with Gasteiger partial charge in [-0.1, -0.05) is 37.6 Å². The SMILES string of the molecule is COc1ccc(CCNC(=O)c2cnn(-c3ccc(C)cc3)c2C(C)C)cc1OC(F)F. The number of nitrogens with zero attached hydrogens (tertiary/aromatic N) is 2. The fraction of sp³-hybridized carbons (Fsp3) is 0.333. The minimum absolute atomic E-state index is 0.0344. The second kappa shape index (κ2) is 10.3. The van der Waals surface area contributed by atoms with Crippen LogP contribution in [-0.4, -0.2) is 36.0 Å². The number of rotatable bonds is 9. The highest BCUT2D eigenvalue weighted by Crippen LogP contribution is 2.29. The first-order chi connectivity index (χ1) is 15.3. The molecule has 8 heteroatoms. The number of benzene rings is 2. The first kappa shape index (κ1) is 23.2. The van der Waals surface area contributed by atoms with Crippen molar-refractivity contribution in [3.05, 3.63) is 71.0 Å². The lowest BCUT2D eigenvalue weighted by Gasteiger charge is -2.14. The van der Waals surface area contributed by atoms with Crippen LogP contribution in [0.2, 0.25) is 0 Å². The smallest absolute Gasteiger partial charge is 0.387 e. The molecule has 0 bridgehead atoms. The summed E-state index contributed by atoms with van der Waals surface area (Å²) in [6, 6.07) is 12.8. The van der Waals surface area contributed by atoms with E-state index in [2.05, 4.69) is 15.2 Å².